The number of nitrogens with one attached hydrogen (secondary N) is 1. The molecule has 2 N–H and O–H groups in total. The number of benzene rings is 2. The zero-order valence-electron chi connectivity index (χ0n) is 19.5. The van der Waals surface area contributed by atoms with Gasteiger partial charge in [0.15, 0.2) is 12.4 Å². The van der Waals surface area contributed by atoms with E-state index in [-0.39, 0.29) is 34.9 Å². The highest BCUT2D eigenvalue weighted by atomic mass is 19.1. The number of piperazine rings is 1. The minimum absolute atomic E-state index is 0.0135. The van der Waals surface area contributed by atoms with Crippen molar-refractivity contribution in [2.24, 2.45) is 0 Å². The Hall–Kier alpha value is -4.36. The number of carboxylic acids is 1. The first-order chi connectivity index (χ1) is 17.9. The summed E-state index contributed by atoms with van der Waals surface area (Å²) in [5.74, 6) is 0.231. The largest absolute Gasteiger partial charge is 0.479 e. The van der Waals surface area contributed by atoms with Gasteiger partial charge in [0.1, 0.15) is 22.8 Å². The van der Waals surface area contributed by atoms with Crippen molar-refractivity contribution in [3.8, 4) is 29.6 Å². The van der Waals surface area contributed by atoms with E-state index in [1.165, 1.54) is 12.3 Å². The molecule has 2 aliphatic heterocycles. The van der Waals surface area contributed by atoms with Gasteiger partial charge in [0.05, 0.1) is 10.9 Å². The molecule has 10 heteroatoms. The molecule has 4 heterocycles. The Balaban J connectivity index is 1.56. The summed E-state index contributed by atoms with van der Waals surface area (Å²) in [7, 11) is 0. The third-order valence-electron chi connectivity index (χ3n) is 6.88. The van der Waals surface area contributed by atoms with Gasteiger partial charge in [-0.3, -0.25) is 4.98 Å². The Morgan fingerprint density at radius 3 is 2.70 bits per heavy atom. The smallest absolute Gasteiger partial charge is 0.341 e. The monoisotopic (exact) mass is 501 g/mol. The molecule has 4 aromatic rings. The summed E-state index contributed by atoms with van der Waals surface area (Å²) in [4.78, 5) is 26.2. The van der Waals surface area contributed by atoms with E-state index in [2.05, 4.69) is 26.2 Å². The van der Waals surface area contributed by atoms with Gasteiger partial charge in [-0.25, -0.2) is 13.6 Å². The van der Waals surface area contributed by atoms with E-state index < -0.39 is 24.2 Å². The number of hydrogen-bond donors (Lipinski definition) is 2. The molecule has 2 atom stereocenters. The van der Waals surface area contributed by atoms with Crippen LogP contribution < -0.4 is 15.0 Å². The van der Waals surface area contributed by atoms with E-state index in [4.69, 9.17) is 16.3 Å². The number of rotatable bonds is 5. The van der Waals surface area contributed by atoms with Gasteiger partial charge in [-0.2, -0.15) is 9.97 Å². The molecule has 0 amide bonds. The zero-order chi connectivity index (χ0) is 25.7. The summed E-state index contributed by atoms with van der Waals surface area (Å²) < 4.78 is 36.0. The number of carbonyl (C=O) groups is 1. The first-order valence-corrected chi connectivity index (χ1v) is 11.8. The average molecular weight is 501 g/mol. The van der Waals surface area contributed by atoms with Crippen LogP contribution in [-0.2, 0) is 4.79 Å². The highest BCUT2D eigenvalue weighted by molar-refractivity contribution is 6.02. The van der Waals surface area contributed by atoms with Gasteiger partial charge < -0.3 is 20.1 Å². The Kier molecular flexibility index (Phi) is 5.57. The van der Waals surface area contributed by atoms with Gasteiger partial charge in [0.2, 0.25) is 0 Å². The van der Waals surface area contributed by atoms with Gasteiger partial charge in [-0.05, 0) is 24.3 Å². The van der Waals surface area contributed by atoms with Crippen molar-refractivity contribution < 1.29 is 23.4 Å². The average Bonchev–Trinajstić information content (AvgIpc) is 3.24. The maximum atomic E-state index is 16.2. The lowest BCUT2D eigenvalue weighted by molar-refractivity contribution is -0.139. The normalized spacial score (nSPS) is 18.8. The number of halogens is 2. The van der Waals surface area contributed by atoms with Gasteiger partial charge in [0.25, 0.3) is 0 Å². The molecule has 0 spiro atoms. The maximum absolute atomic E-state index is 16.2. The van der Waals surface area contributed by atoms with Gasteiger partial charge in [-0.1, -0.05) is 30.2 Å². The number of fused-ring (bicyclic) bond motifs is 4. The fourth-order valence-corrected chi connectivity index (χ4v) is 5.30. The summed E-state index contributed by atoms with van der Waals surface area (Å²) >= 11 is 0. The third kappa shape index (κ3) is 3.97. The van der Waals surface area contributed by atoms with Crippen molar-refractivity contribution in [1.82, 2.24) is 20.3 Å². The summed E-state index contributed by atoms with van der Waals surface area (Å²) in [6.45, 7) is 0.627. The lowest BCUT2D eigenvalue weighted by Gasteiger charge is -2.34. The van der Waals surface area contributed by atoms with Crippen molar-refractivity contribution >= 4 is 33.5 Å². The molecule has 0 aliphatic carbocycles. The van der Waals surface area contributed by atoms with Crippen LogP contribution in [0.5, 0.6) is 6.01 Å². The van der Waals surface area contributed by atoms with E-state index in [9.17, 15) is 9.18 Å². The van der Waals surface area contributed by atoms with Gasteiger partial charge >= 0.3 is 12.0 Å². The van der Waals surface area contributed by atoms with Crippen LogP contribution in [0, 0.1) is 24.0 Å². The van der Waals surface area contributed by atoms with Crippen molar-refractivity contribution in [3.63, 3.8) is 0 Å². The quantitative estimate of drug-likeness (QED) is 0.401. The molecule has 2 saturated heterocycles. The van der Waals surface area contributed by atoms with Crippen molar-refractivity contribution in [1.29, 1.82) is 0 Å². The Morgan fingerprint density at radius 1 is 1.19 bits per heavy atom. The number of anilines is 1. The maximum Gasteiger partial charge on any atom is 0.341 e. The van der Waals surface area contributed by atoms with E-state index >= 15 is 4.39 Å². The highest BCUT2D eigenvalue weighted by Gasteiger charge is 2.34. The molecule has 2 aromatic heterocycles. The summed E-state index contributed by atoms with van der Waals surface area (Å²) in [6, 6.07) is 8.24. The van der Waals surface area contributed by atoms with Crippen molar-refractivity contribution in [2.45, 2.75) is 24.9 Å². The number of aliphatic carboxylic acids is 1. The highest BCUT2D eigenvalue weighted by Crippen LogP contribution is 2.37. The van der Waals surface area contributed by atoms with Crippen LogP contribution in [0.2, 0.25) is 0 Å². The third-order valence-corrected chi connectivity index (χ3v) is 6.88. The second-order valence-electron chi connectivity index (χ2n) is 9.21. The molecule has 0 saturated carbocycles. The summed E-state index contributed by atoms with van der Waals surface area (Å²) in [5, 5.41) is 14.0. The SMILES string of the molecule is C#Cc1c(F)ccc2cccc(-c3ncc4c(N5CC6CCC(C5)N6)nc(OCC(=O)O)nc4c3F)c12. The van der Waals surface area contributed by atoms with Crippen LogP contribution in [0.25, 0.3) is 32.9 Å². The fourth-order valence-electron chi connectivity index (χ4n) is 5.30. The topological polar surface area (TPSA) is 100 Å². The minimum Gasteiger partial charge on any atom is -0.479 e. The number of aromatic nitrogens is 3. The predicted molar refractivity (Wildman–Crippen MR) is 133 cm³/mol. The van der Waals surface area contributed by atoms with Crippen LogP contribution in [0.3, 0.4) is 0 Å². The number of carboxylic acid groups (broad SMARTS) is 1. The molecule has 2 aliphatic rings. The minimum atomic E-state index is -1.21. The summed E-state index contributed by atoms with van der Waals surface area (Å²) in [5.41, 5.74) is 0.198. The molecule has 2 bridgehead atoms. The molecular weight excluding hydrogens is 480 g/mol. The number of nitrogens with zero attached hydrogens (tertiary/aromatic N) is 4. The molecule has 186 valence electrons. The van der Waals surface area contributed by atoms with Crippen LogP contribution >= 0.6 is 0 Å². The Labute approximate surface area is 210 Å². The molecule has 2 unspecified atom stereocenters. The van der Waals surface area contributed by atoms with E-state index in [0.29, 0.717) is 40.6 Å². The molecule has 2 aromatic carbocycles. The van der Waals surface area contributed by atoms with Crippen molar-refractivity contribution in [2.75, 3.05) is 24.6 Å². The van der Waals surface area contributed by atoms with Crippen LogP contribution in [0.15, 0.2) is 36.5 Å². The predicted octanol–water partition coefficient (Wildman–Crippen LogP) is 3.51. The van der Waals surface area contributed by atoms with E-state index in [1.54, 1.807) is 24.3 Å². The number of pyridine rings is 1. The first kappa shape index (κ1) is 23.1. The van der Waals surface area contributed by atoms with E-state index in [0.717, 1.165) is 12.8 Å². The second-order valence-corrected chi connectivity index (χ2v) is 9.21. The molecule has 37 heavy (non-hydrogen) atoms. The Bertz CT molecular complexity index is 1610. The van der Waals surface area contributed by atoms with Gasteiger partial charge in [-0.15, -0.1) is 6.42 Å². The number of hydrogen-bond acceptors (Lipinski definition) is 7. The van der Waals surface area contributed by atoms with Crippen LogP contribution in [0.1, 0.15) is 18.4 Å². The molecule has 2 fully saturated rings. The second kappa shape index (κ2) is 8.94. The Morgan fingerprint density at radius 2 is 1.97 bits per heavy atom. The van der Waals surface area contributed by atoms with E-state index in [1.807, 2.05) is 4.90 Å². The number of terminal acetylenes is 1. The van der Waals surface area contributed by atoms with Crippen LogP contribution in [0.4, 0.5) is 14.6 Å². The lowest BCUT2D eigenvalue weighted by Crippen LogP contribution is -2.51. The standard InChI is InChI=1S/C27H21F2N5O3/c1-2-17-20(28)9-6-14-4-3-5-18(22(14)17)24-23(29)25-19(10-30-24)26(33-27(32-25)37-13-21(35)36)34-11-15-7-8-16(12-34)31-15/h1,3-6,9-10,15-16,31H,7-8,11-13H2,(H,35,36). The van der Waals surface area contributed by atoms with Crippen molar-refractivity contribution in [3.05, 3.63) is 53.7 Å². The fraction of sp³-hybridized carbons (Fsp3) is 0.259. The summed E-state index contributed by atoms with van der Waals surface area (Å²) in [6.07, 6.45) is 9.14. The van der Waals surface area contributed by atoms with Gasteiger partial charge in [0, 0.05) is 42.3 Å². The molecule has 0 radical (unpaired) electrons. The zero-order valence-corrected chi connectivity index (χ0v) is 19.5. The lowest BCUT2D eigenvalue weighted by atomic mass is 9.96. The molecule has 6 rings (SSSR count). The molecular formula is C27H21F2N5O3. The molecule has 8 nitrogen and oxygen atoms in total. The van der Waals surface area contributed by atoms with Crippen LogP contribution in [-0.4, -0.2) is 57.8 Å². The first-order valence-electron chi connectivity index (χ1n) is 11.8. The number of ether oxygens (including phenoxy) is 1.